The van der Waals surface area contributed by atoms with Gasteiger partial charge in [0.15, 0.2) is 0 Å². The van der Waals surface area contributed by atoms with Crippen LogP contribution >= 0.6 is 0 Å². The number of nitrogens with two attached hydrogens (primary N) is 1. The second kappa shape index (κ2) is 7.25. The van der Waals surface area contributed by atoms with Gasteiger partial charge in [-0.1, -0.05) is 19.3 Å². The second-order valence-corrected chi connectivity index (χ2v) is 6.37. The van der Waals surface area contributed by atoms with Gasteiger partial charge >= 0.3 is 0 Å². The summed E-state index contributed by atoms with van der Waals surface area (Å²) in [5.74, 6) is 0.876. The lowest BCUT2D eigenvalue weighted by Gasteiger charge is -2.31. The van der Waals surface area contributed by atoms with Crippen LogP contribution in [0.15, 0.2) is 0 Å². The minimum Gasteiger partial charge on any atom is -0.352 e. The summed E-state index contributed by atoms with van der Waals surface area (Å²) >= 11 is 0. The van der Waals surface area contributed by atoms with E-state index < -0.39 is 0 Å². The molecule has 0 radical (unpaired) electrons. The molecule has 1 atom stereocenters. The van der Waals surface area contributed by atoms with Crippen LogP contribution < -0.4 is 11.1 Å². The van der Waals surface area contributed by atoms with Gasteiger partial charge in [0.25, 0.3) is 0 Å². The van der Waals surface area contributed by atoms with Gasteiger partial charge in [0.05, 0.1) is 6.54 Å². The molecule has 2 aliphatic rings. The Kier molecular flexibility index (Phi) is 5.64. The number of amides is 1. The van der Waals surface area contributed by atoms with Crippen LogP contribution in [0.4, 0.5) is 0 Å². The van der Waals surface area contributed by atoms with Crippen molar-refractivity contribution in [3.05, 3.63) is 0 Å². The van der Waals surface area contributed by atoms with Crippen LogP contribution in [0.1, 0.15) is 51.9 Å². The van der Waals surface area contributed by atoms with Gasteiger partial charge in [-0.15, -0.1) is 0 Å². The van der Waals surface area contributed by atoms with Crippen molar-refractivity contribution in [2.24, 2.45) is 11.7 Å². The average molecular weight is 267 g/mol. The molecule has 2 fully saturated rings. The Balaban J connectivity index is 1.68. The lowest BCUT2D eigenvalue weighted by molar-refractivity contribution is -0.123. The van der Waals surface area contributed by atoms with Gasteiger partial charge in [-0.05, 0) is 38.5 Å². The molecule has 0 aromatic rings. The molecular formula is C15H29N3O. The van der Waals surface area contributed by atoms with Gasteiger partial charge < -0.3 is 11.1 Å². The van der Waals surface area contributed by atoms with Gasteiger partial charge in [0.1, 0.15) is 0 Å². The van der Waals surface area contributed by atoms with Gasteiger partial charge in [-0.3, -0.25) is 9.69 Å². The van der Waals surface area contributed by atoms with E-state index in [1.165, 1.54) is 32.1 Å². The maximum atomic E-state index is 12.1. The molecule has 1 unspecified atom stereocenters. The molecule has 2 rings (SSSR count). The number of nitrogens with zero attached hydrogens (tertiary/aromatic N) is 1. The summed E-state index contributed by atoms with van der Waals surface area (Å²) in [6, 6.07) is 0.667. The first kappa shape index (κ1) is 14.8. The van der Waals surface area contributed by atoms with Crippen LogP contribution in [0.25, 0.3) is 0 Å². The highest BCUT2D eigenvalue weighted by Crippen LogP contribution is 2.26. The third-order valence-corrected chi connectivity index (χ3v) is 4.75. The molecule has 0 spiro atoms. The molecule has 19 heavy (non-hydrogen) atoms. The predicted molar refractivity (Wildman–Crippen MR) is 77.8 cm³/mol. The standard InChI is InChI=1S/C15H29N3O/c1-12(13-5-3-2-4-6-13)17-15(19)11-18-9-7-14(16)8-10-18/h12-14H,2-11,16H2,1H3,(H,17,19). The normalized spacial score (nSPS) is 25.2. The number of likely N-dealkylation sites (tertiary alicyclic amines) is 1. The summed E-state index contributed by atoms with van der Waals surface area (Å²) < 4.78 is 0. The van der Waals surface area contributed by atoms with Crippen LogP contribution in [-0.4, -0.2) is 42.5 Å². The van der Waals surface area contributed by atoms with Gasteiger partial charge in [0.2, 0.25) is 5.91 Å². The van der Waals surface area contributed by atoms with E-state index in [1.807, 2.05) is 0 Å². The highest BCUT2D eigenvalue weighted by molar-refractivity contribution is 5.78. The molecule has 4 nitrogen and oxygen atoms in total. The average Bonchev–Trinajstić information content (AvgIpc) is 2.42. The second-order valence-electron chi connectivity index (χ2n) is 6.37. The molecule has 0 aromatic heterocycles. The van der Waals surface area contributed by atoms with Crippen molar-refractivity contribution in [1.82, 2.24) is 10.2 Å². The lowest BCUT2D eigenvalue weighted by atomic mass is 9.84. The van der Waals surface area contributed by atoms with E-state index in [0.29, 0.717) is 24.5 Å². The van der Waals surface area contributed by atoms with E-state index in [0.717, 1.165) is 25.9 Å². The SMILES string of the molecule is CC(NC(=O)CN1CCC(N)CC1)C1CCCCC1. The number of nitrogens with one attached hydrogen (secondary N) is 1. The Morgan fingerprint density at radius 1 is 1.21 bits per heavy atom. The van der Waals surface area contributed by atoms with Crippen LogP contribution in [0.2, 0.25) is 0 Å². The van der Waals surface area contributed by atoms with E-state index in [1.54, 1.807) is 0 Å². The molecule has 3 N–H and O–H groups in total. The molecule has 1 saturated carbocycles. The van der Waals surface area contributed by atoms with E-state index in [-0.39, 0.29) is 5.91 Å². The number of carbonyl (C=O) groups is 1. The first-order valence-electron chi connectivity index (χ1n) is 7.92. The zero-order chi connectivity index (χ0) is 13.7. The summed E-state index contributed by atoms with van der Waals surface area (Å²) in [5.41, 5.74) is 5.88. The van der Waals surface area contributed by atoms with Crippen molar-refractivity contribution in [3.8, 4) is 0 Å². The number of piperidine rings is 1. The fourth-order valence-corrected chi connectivity index (χ4v) is 3.37. The molecule has 4 heteroatoms. The Bertz CT molecular complexity index is 281. The van der Waals surface area contributed by atoms with Gasteiger partial charge in [-0.25, -0.2) is 0 Å². The summed E-state index contributed by atoms with van der Waals surface area (Å²) in [6.07, 6.45) is 8.62. The topological polar surface area (TPSA) is 58.4 Å². The van der Waals surface area contributed by atoms with Crippen molar-refractivity contribution in [2.75, 3.05) is 19.6 Å². The summed E-state index contributed by atoms with van der Waals surface area (Å²) in [5, 5.41) is 3.20. The van der Waals surface area contributed by atoms with Crippen LogP contribution in [-0.2, 0) is 4.79 Å². The Labute approximate surface area is 117 Å². The summed E-state index contributed by atoms with van der Waals surface area (Å²) in [6.45, 7) is 4.64. The molecule has 0 bridgehead atoms. The molecule has 110 valence electrons. The van der Waals surface area contributed by atoms with Crippen molar-refractivity contribution >= 4 is 5.91 Å². The highest BCUT2D eigenvalue weighted by Gasteiger charge is 2.23. The van der Waals surface area contributed by atoms with E-state index >= 15 is 0 Å². The molecule has 1 aliphatic carbocycles. The van der Waals surface area contributed by atoms with Crippen LogP contribution in [0, 0.1) is 5.92 Å². The maximum Gasteiger partial charge on any atom is 0.234 e. The first-order chi connectivity index (χ1) is 9.15. The van der Waals surface area contributed by atoms with Crippen molar-refractivity contribution < 1.29 is 4.79 Å². The van der Waals surface area contributed by atoms with Crippen LogP contribution in [0.3, 0.4) is 0 Å². The fourth-order valence-electron chi connectivity index (χ4n) is 3.37. The first-order valence-corrected chi connectivity index (χ1v) is 7.92. The van der Waals surface area contributed by atoms with Crippen molar-refractivity contribution in [3.63, 3.8) is 0 Å². The third kappa shape index (κ3) is 4.77. The minimum absolute atomic E-state index is 0.188. The fraction of sp³-hybridized carbons (Fsp3) is 0.933. The quantitative estimate of drug-likeness (QED) is 0.811. The molecule has 0 aromatic carbocycles. The zero-order valence-corrected chi connectivity index (χ0v) is 12.2. The number of rotatable bonds is 4. The molecule has 1 aliphatic heterocycles. The van der Waals surface area contributed by atoms with E-state index in [2.05, 4.69) is 17.1 Å². The monoisotopic (exact) mass is 267 g/mol. The molecule has 1 amide bonds. The Hall–Kier alpha value is -0.610. The zero-order valence-electron chi connectivity index (χ0n) is 12.2. The highest BCUT2D eigenvalue weighted by atomic mass is 16.2. The summed E-state index contributed by atoms with van der Waals surface area (Å²) in [7, 11) is 0. The van der Waals surface area contributed by atoms with E-state index in [9.17, 15) is 4.79 Å². The van der Waals surface area contributed by atoms with Crippen molar-refractivity contribution in [1.29, 1.82) is 0 Å². The van der Waals surface area contributed by atoms with Gasteiger partial charge in [0, 0.05) is 25.2 Å². The Morgan fingerprint density at radius 3 is 2.47 bits per heavy atom. The van der Waals surface area contributed by atoms with Crippen LogP contribution in [0.5, 0.6) is 0 Å². The number of hydrogen-bond donors (Lipinski definition) is 2. The van der Waals surface area contributed by atoms with Crippen molar-refractivity contribution in [2.45, 2.75) is 64.0 Å². The lowest BCUT2D eigenvalue weighted by Crippen LogP contribution is -2.47. The predicted octanol–water partition coefficient (Wildman–Crippen LogP) is 1.49. The largest absolute Gasteiger partial charge is 0.352 e. The smallest absolute Gasteiger partial charge is 0.234 e. The molecule has 1 saturated heterocycles. The molecular weight excluding hydrogens is 238 g/mol. The van der Waals surface area contributed by atoms with E-state index in [4.69, 9.17) is 5.73 Å². The number of hydrogen-bond acceptors (Lipinski definition) is 3. The van der Waals surface area contributed by atoms with Gasteiger partial charge in [-0.2, -0.15) is 0 Å². The minimum atomic E-state index is 0.188. The summed E-state index contributed by atoms with van der Waals surface area (Å²) in [4.78, 5) is 14.3. The molecule has 1 heterocycles. The Morgan fingerprint density at radius 2 is 1.84 bits per heavy atom. The third-order valence-electron chi connectivity index (χ3n) is 4.75. The number of carbonyl (C=O) groups excluding carboxylic acids is 1. The maximum absolute atomic E-state index is 12.1.